The first-order valence-corrected chi connectivity index (χ1v) is 11.9. The highest BCUT2D eigenvalue weighted by Gasteiger charge is 2.37. The number of hydrogen-bond acceptors (Lipinski definition) is 4. The fraction of sp³-hybridized carbons (Fsp3) is 0.357. The molecule has 3 aromatic rings. The standard InChI is InChI=1S/C28H33F2N3O3/c1-28(2,3)27(33(26(36)18-35)12-11-22(31)17-34)25-13-20(23-14-21(29)9-10-24(23)30)16-32(25)15-19-7-5-4-6-8-19/h4-10,13-14,16-17,22,27,35H,11-12,15,18,31H2,1-3H3. The van der Waals surface area contributed by atoms with E-state index in [4.69, 9.17) is 5.73 Å². The maximum atomic E-state index is 14.7. The van der Waals surface area contributed by atoms with Crippen LogP contribution in [-0.4, -0.2) is 46.0 Å². The largest absolute Gasteiger partial charge is 0.387 e. The molecular weight excluding hydrogens is 464 g/mol. The molecule has 0 aliphatic rings. The number of aromatic nitrogens is 1. The topological polar surface area (TPSA) is 88.6 Å². The second-order valence-corrected chi connectivity index (χ2v) is 9.99. The first-order valence-electron chi connectivity index (χ1n) is 11.9. The van der Waals surface area contributed by atoms with Crippen LogP contribution in [0.25, 0.3) is 11.1 Å². The number of rotatable bonds is 10. The fourth-order valence-electron chi connectivity index (χ4n) is 4.46. The molecule has 2 unspecified atom stereocenters. The molecule has 0 spiro atoms. The number of nitrogens with two attached hydrogens (primary N) is 1. The zero-order chi connectivity index (χ0) is 26.5. The monoisotopic (exact) mass is 497 g/mol. The lowest BCUT2D eigenvalue weighted by atomic mass is 9.82. The highest BCUT2D eigenvalue weighted by atomic mass is 19.1. The van der Waals surface area contributed by atoms with Gasteiger partial charge in [0.15, 0.2) is 0 Å². The number of nitrogens with zero attached hydrogens (tertiary/aromatic N) is 2. The molecule has 0 saturated carbocycles. The molecular formula is C28H33F2N3O3. The van der Waals surface area contributed by atoms with Crippen molar-refractivity contribution in [2.75, 3.05) is 13.2 Å². The normalized spacial score (nSPS) is 13.3. The predicted molar refractivity (Wildman–Crippen MR) is 135 cm³/mol. The van der Waals surface area contributed by atoms with E-state index < -0.39 is 41.6 Å². The van der Waals surface area contributed by atoms with Crippen molar-refractivity contribution in [2.45, 2.75) is 45.8 Å². The Hall–Kier alpha value is -3.36. The van der Waals surface area contributed by atoms with E-state index >= 15 is 0 Å². The molecule has 2 atom stereocenters. The number of carbonyl (C=O) groups is 2. The van der Waals surface area contributed by atoms with Gasteiger partial charge in [-0.25, -0.2) is 8.78 Å². The van der Waals surface area contributed by atoms with Crippen LogP contribution in [0.3, 0.4) is 0 Å². The van der Waals surface area contributed by atoms with E-state index in [-0.39, 0.29) is 18.5 Å². The summed E-state index contributed by atoms with van der Waals surface area (Å²) in [5.41, 5.74) is 7.52. The Bertz CT molecular complexity index is 1190. The van der Waals surface area contributed by atoms with Crippen molar-refractivity contribution < 1.29 is 23.5 Å². The van der Waals surface area contributed by atoms with Crippen LogP contribution in [0.2, 0.25) is 0 Å². The first kappa shape index (κ1) is 27.2. The molecule has 1 amide bonds. The van der Waals surface area contributed by atoms with Gasteiger partial charge < -0.3 is 25.1 Å². The van der Waals surface area contributed by atoms with Gasteiger partial charge in [-0.2, -0.15) is 0 Å². The Kier molecular flexibility index (Phi) is 8.76. The summed E-state index contributed by atoms with van der Waals surface area (Å²) >= 11 is 0. The Balaban J connectivity index is 2.19. The summed E-state index contributed by atoms with van der Waals surface area (Å²) in [4.78, 5) is 25.6. The molecule has 0 aliphatic heterocycles. The van der Waals surface area contributed by atoms with Gasteiger partial charge in [-0.1, -0.05) is 51.1 Å². The smallest absolute Gasteiger partial charge is 0.248 e. The van der Waals surface area contributed by atoms with E-state index in [0.29, 0.717) is 24.1 Å². The minimum absolute atomic E-state index is 0.110. The lowest BCUT2D eigenvalue weighted by molar-refractivity contribution is -0.139. The number of aldehydes is 1. The summed E-state index contributed by atoms with van der Waals surface area (Å²) in [6.45, 7) is 5.72. The number of halogens is 2. The zero-order valence-corrected chi connectivity index (χ0v) is 20.8. The molecule has 6 nitrogen and oxygen atoms in total. The molecule has 3 N–H and O–H groups in total. The molecule has 0 saturated heterocycles. The van der Waals surface area contributed by atoms with Gasteiger partial charge in [-0.3, -0.25) is 4.79 Å². The molecule has 1 aromatic heterocycles. The van der Waals surface area contributed by atoms with Crippen LogP contribution in [0.5, 0.6) is 0 Å². The molecule has 1 heterocycles. The SMILES string of the molecule is CC(C)(C)C(c1cc(-c2cc(F)ccc2F)cn1Cc1ccccc1)N(CCC(N)C=O)C(=O)CO. The van der Waals surface area contributed by atoms with Crippen LogP contribution < -0.4 is 5.73 Å². The van der Waals surface area contributed by atoms with Crippen molar-refractivity contribution in [3.8, 4) is 11.1 Å². The third kappa shape index (κ3) is 6.44. The Labute approximate surface area is 210 Å². The van der Waals surface area contributed by atoms with E-state index in [1.165, 1.54) is 4.90 Å². The van der Waals surface area contributed by atoms with E-state index in [2.05, 4.69) is 0 Å². The molecule has 0 radical (unpaired) electrons. The minimum Gasteiger partial charge on any atom is -0.387 e. The van der Waals surface area contributed by atoms with Gasteiger partial charge in [0.05, 0.1) is 12.1 Å². The molecule has 8 heteroatoms. The lowest BCUT2D eigenvalue weighted by Crippen LogP contribution is -2.45. The van der Waals surface area contributed by atoms with E-state index in [9.17, 15) is 23.5 Å². The van der Waals surface area contributed by atoms with Gasteiger partial charge >= 0.3 is 0 Å². The van der Waals surface area contributed by atoms with Crippen molar-refractivity contribution in [3.63, 3.8) is 0 Å². The van der Waals surface area contributed by atoms with Crippen LogP contribution in [0, 0.1) is 17.0 Å². The average molecular weight is 498 g/mol. The summed E-state index contributed by atoms with van der Waals surface area (Å²) in [6.07, 6.45) is 2.58. The second-order valence-electron chi connectivity index (χ2n) is 9.99. The van der Waals surface area contributed by atoms with Crippen molar-refractivity contribution in [2.24, 2.45) is 11.1 Å². The van der Waals surface area contributed by atoms with Gasteiger partial charge in [0, 0.05) is 36.1 Å². The molecule has 36 heavy (non-hydrogen) atoms. The molecule has 0 bridgehead atoms. The number of carbonyl (C=O) groups excluding carboxylic acids is 2. The summed E-state index contributed by atoms with van der Waals surface area (Å²) in [7, 11) is 0. The van der Waals surface area contributed by atoms with Gasteiger partial charge in [0.2, 0.25) is 5.91 Å². The van der Waals surface area contributed by atoms with Gasteiger partial charge in [-0.05, 0) is 41.7 Å². The van der Waals surface area contributed by atoms with Crippen molar-refractivity contribution in [1.82, 2.24) is 9.47 Å². The summed E-state index contributed by atoms with van der Waals surface area (Å²) in [5.74, 6) is -1.64. The average Bonchev–Trinajstić information content (AvgIpc) is 3.24. The number of amides is 1. The quantitative estimate of drug-likeness (QED) is 0.409. The Morgan fingerprint density at radius 1 is 1.14 bits per heavy atom. The third-order valence-corrected chi connectivity index (χ3v) is 6.11. The Morgan fingerprint density at radius 2 is 1.83 bits per heavy atom. The van der Waals surface area contributed by atoms with E-state index in [1.807, 2.05) is 55.7 Å². The number of aliphatic hydroxyl groups excluding tert-OH is 1. The molecule has 192 valence electrons. The molecule has 0 aliphatic carbocycles. The second kappa shape index (κ2) is 11.6. The number of benzene rings is 2. The van der Waals surface area contributed by atoms with Crippen LogP contribution in [0.1, 0.15) is 44.5 Å². The highest BCUT2D eigenvalue weighted by molar-refractivity contribution is 5.78. The van der Waals surface area contributed by atoms with Crippen LogP contribution in [0.4, 0.5) is 8.78 Å². The molecule has 3 rings (SSSR count). The highest BCUT2D eigenvalue weighted by Crippen LogP contribution is 2.41. The molecule has 2 aromatic carbocycles. The summed E-state index contributed by atoms with van der Waals surface area (Å²) in [6, 6.07) is 13.4. The van der Waals surface area contributed by atoms with Crippen molar-refractivity contribution in [1.29, 1.82) is 0 Å². The predicted octanol–water partition coefficient (Wildman–Crippen LogP) is 4.31. The van der Waals surface area contributed by atoms with Gasteiger partial charge in [0.25, 0.3) is 0 Å². The number of hydrogen-bond donors (Lipinski definition) is 2. The lowest BCUT2D eigenvalue weighted by Gasteiger charge is -2.41. The molecule has 0 fully saturated rings. The third-order valence-electron chi connectivity index (χ3n) is 6.11. The van der Waals surface area contributed by atoms with Crippen molar-refractivity contribution >= 4 is 12.2 Å². The van der Waals surface area contributed by atoms with Crippen LogP contribution in [0.15, 0.2) is 60.8 Å². The van der Waals surface area contributed by atoms with E-state index in [0.717, 1.165) is 23.8 Å². The Morgan fingerprint density at radius 3 is 2.44 bits per heavy atom. The zero-order valence-electron chi connectivity index (χ0n) is 20.8. The minimum atomic E-state index is -0.757. The fourth-order valence-corrected chi connectivity index (χ4v) is 4.46. The van der Waals surface area contributed by atoms with Gasteiger partial charge in [-0.15, -0.1) is 0 Å². The van der Waals surface area contributed by atoms with Crippen LogP contribution in [-0.2, 0) is 16.1 Å². The van der Waals surface area contributed by atoms with Crippen molar-refractivity contribution in [3.05, 3.63) is 83.7 Å². The summed E-state index contributed by atoms with van der Waals surface area (Å²) < 4.78 is 30.7. The first-order chi connectivity index (χ1) is 17.0. The maximum absolute atomic E-state index is 14.7. The van der Waals surface area contributed by atoms with Gasteiger partial charge in [0.1, 0.15) is 24.5 Å². The number of aliphatic hydroxyl groups is 1. The summed E-state index contributed by atoms with van der Waals surface area (Å²) in [5, 5.41) is 9.75. The maximum Gasteiger partial charge on any atom is 0.248 e. The van der Waals surface area contributed by atoms with Crippen LogP contribution >= 0.6 is 0 Å². The van der Waals surface area contributed by atoms with E-state index in [1.54, 1.807) is 12.3 Å².